The average Bonchev–Trinajstić information content (AvgIpc) is 1.30. The van der Waals surface area contributed by atoms with Crippen LogP contribution in [0.15, 0.2) is 12.7 Å². The Morgan fingerprint density at radius 3 is 2.14 bits per heavy atom. The molecule has 0 saturated heterocycles. The second-order valence-corrected chi connectivity index (χ2v) is 21.4. The summed E-state index contributed by atoms with van der Waals surface area (Å²) < 4.78 is 0. The fourth-order valence-corrected chi connectivity index (χ4v) is 2.97. The molecule has 0 aliphatic carbocycles. The van der Waals surface area contributed by atoms with E-state index in [1.165, 1.54) is 5.25 Å². The Hall–Kier alpha value is 0.763. The molecule has 0 aliphatic rings. The summed E-state index contributed by atoms with van der Waals surface area (Å²) in [6, 6.07) is 0. The molecule has 0 bridgehead atoms. The Morgan fingerprint density at radius 1 is 1.71 bits per heavy atom. The van der Waals surface area contributed by atoms with Crippen molar-refractivity contribution in [1.82, 2.24) is 0 Å². The summed E-state index contributed by atoms with van der Waals surface area (Å²) in [4.78, 5) is 0. The maximum atomic E-state index is 3.66. The molecule has 0 atom stereocenters. The molecule has 0 aromatic heterocycles. The number of hydrogen-bond acceptors (Lipinski definition) is 0. The zero-order chi connectivity index (χ0) is 5.91. The standard InChI is InChI=1S/C5H11BrGe/c1-4-5-7(2,3)6/h4H,1,5H2,2-3H3. The number of allylic oxidation sites excluding steroid dienone is 1. The van der Waals surface area contributed by atoms with Crippen LogP contribution < -0.4 is 0 Å². The number of hydrogen-bond donors (Lipinski definition) is 0. The zero-order valence-electron chi connectivity index (χ0n) is 4.87. The summed E-state index contributed by atoms with van der Waals surface area (Å²) in [7, 11) is 0. The van der Waals surface area contributed by atoms with E-state index in [2.05, 4.69) is 32.1 Å². The molecule has 42 valence electrons. The monoisotopic (exact) mass is 224 g/mol. The van der Waals surface area contributed by atoms with E-state index in [1.807, 2.05) is 6.08 Å². The van der Waals surface area contributed by atoms with Crippen LogP contribution in [-0.4, -0.2) is 11.4 Å². The van der Waals surface area contributed by atoms with E-state index in [0.717, 1.165) is 0 Å². The minimum atomic E-state index is -1.39. The van der Waals surface area contributed by atoms with Gasteiger partial charge in [-0.1, -0.05) is 0 Å². The van der Waals surface area contributed by atoms with Crippen molar-refractivity contribution in [2.75, 3.05) is 0 Å². The van der Waals surface area contributed by atoms with Crippen molar-refractivity contribution in [3.05, 3.63) is 12.7 Å². The average molecular weight is 224 g/mol. The van der Waals surface area contributed by atoms with Crippen molar-refractivity contribution in [3.8, 4) is 0 Å². The van der Waals surface area contributed by atoms with E-state index in [9.17, 15) is 0 Å². The molecule has 0 rings (SSSR count). The first-order valence-corrected chi connectivity index (χ1v) is 13.0. The fourth-order valence-electron chi connectivity index (χ4n) is 0.343. The number of halogens is 1. The third-order valence-corrected chi connectivity index (χ3v) is 4.95. The van der Waals surface area contributed by atoms with Gasteiger partial charge in [-0.05, 0) is 0 Å². The second-order valence-electron chi connectivity index (χ2n) is 2.21. The molecule has 2 heteroatoms. The molecule has 0 amide bonds. The Bertz CT molecular complexity index is 63.0. The molecule has 0 nitrogen and oxygen atoms in total. The van der Waals surface area contributed by atoms with Crippen molar-refractivity contribution in [3.63, 3.8) is 0 Å². The second kappa shape index (κ2) is 2.92. The Kier molecular flexibility index (Phi) is 3.24. The van der Waals surface area contributed by atoms with E-state index in [0.29, 0.717) is 0 Å². The Labute approximate surface area is 55.0 Å². The third-order valence-electron chi connectivity index (χ3n) is 0.630. The van der Waals surface area contributed by atoms with Gasteiger partial charge in [0.1, 0.15) is 0 Å². The van der Waals surface area contributed by atoms with E-state index in [1.54, 1.807) is 0 Å². The van der Waals surface area contributed by atoms with Gasteiger partial charge in [0.25, 0.3) is 0 Å². The van der Waals surface area contributed by atoms with Crippen LogP contribution in [0.1, 0.15) is 0 Å². The van der Waals surface area contributed by atoms with Crippen LogP contribution in [0.25, 0.3) is 0 Å². The van der Waals surface area contributed by atoms with E-state index < -0.39 is 11.4 Å². The molecule has 0 unspecified atom stereocenters. The van der Waals surface area contributed by atoms with Crippen molar-refractivity contribution >= 4 is 25.4 Å². The molecule has 0 aromatic carbocycles. The van der Waals surface area contributed by atoms with Gasteiger partial charge in [-0.2, -0.15) is 0 Å². The maximum absolute atomic E-state index is 3.66. The quantitative estimate of drug-likeness (QED) is 0.499. The van der Waals surface area contributed by atoms with Crippen LogP contribution in [0.5, 0.6) is 0 Å². The van der Waals surface area contributed by atoms with Crippen LogP contribution in [0.2, 0.25) is 16.8 Å². The predicted octanol–water partition coefficient (Wildman–Crippen LogP) is 2.77. The van der Waals surface area contributed by atoms with Gasteiger partial charge < -0.3 is 0 Å². The molecule has 0 radical (unpaired) electrons. The third kappa shape index (κ3) is 6.76. The van der Waals surface area contributed by atoms with Gasteiger partial charge in [-0.15, -0.1) is 0 Å². The normalized spacial score (nSPS) is 11.3. The predicted molar refractivity (Wildman–Crippen MR) is 41.4 cm³/mol. The molecule has 0 heterocycles. The first-order chi connectivity index (χ1) is 3.06. The van der Waals surface area contributed by atoms with E-state index in [-0.39, 0.29) is 0 Å². The summed E-state index contributed by atoms with van der Waals surface area (Å²) in [5.41, 5.74) is 0. The Balaban J connectivity index is 3.34. The van der Waals surface area contributed by atoms with Crippen molar-refractivity contribution in [2.24, 2.45) is 0 Å². The molecule has 0 spiro atoms. The summed E-state index contributed by atoms with van der Waals surface area (Å²) in [6.45, 7) is 3.66. The van der Waals surface area contributed by atoms with Crippen LogP contribution in [0.3, 0.4) is 0 Å². The van der Waals surface area contributed by atoms with E-state index >= 15 is 0 Å². The van der Waals surface area contributed by atoms with Crippen molar-refractivity contribution in [2.45, 2.75) is 16.8 Å². The van der Waals surface area contributed by atoms with Gasteiger partial charge in [-0.3, -0.25) is 0 Å². The first-order valence-electron chi connectivity index (χ1n) is 2.36. The molecule has 0 aromatic rings. The van der Waals surface area contributed by atoms with Crippen molar-refractivity contribution < 1.29 is 0 Å². The molecule has 7 heavy (non-hydrogen) atoms. The molecular formula is C5H11BrGe. The molecular weight excluding hydrogens is 213 g/mol. The van der Waals surface area contributed by atoms with Crippen LogP contribution in [-0.2, 0) is 0 Å². The summed E-state index contributed by atoms with van der Waals surface area (Å²) in [5.74, 6) is 4.61. The van der Waals surface area contributed by atoms with E-state index in [4.69, 9.17) is 0 Å². The zero-order valence-corrected chi connectivity index (χ0v) is 8.55. The van der Waals surface area contributed by atoms with Gasteiger partial charge in [0.2, 0.25) is 0 Å². The summed E-state index contributed by atoms with van der Waals surface area (Å²) in [5, 5.41) is 1.21. The number of rotatable bonds is 2. The molecule has 0 aliphatic heterocycles. The van der Waals surface area contributed by atoms with Gasteiger partial charge >= 0.3 is 54.8 Å². The van der Waals surface area contributed by atoms with Crippen molar-refractivity contribution in [1.29, 1.82) is 0 Å². The summed E-state index contributed by atoms with van der Waals surface area (Å²) >= 11 is 2.27. The van der Waals surface area contributed by atoms with Crippen LogP contribution >= 0.6 is 14.0 Å². The van der Waals surface area contributed by atoms with Gasteiger partial charge in [-0.25, -0.2) is 0 Å². The van der Waals surface area contributed by atoms with Gasteiger partial charge in [0.05, 0.1) is 0 Å². The van der Waals surface area contributed by atoms with Gasteiger partial charge in [0, 0.05) is 0 Å². The fraction of sp³-hybridized carbons (Fsp3) is 0.600. The molecule has 0 fully saturated rings. The minimum absolute atomic E-state index is 1.21. The molecule has 0 N–H and O–H groups in total. The summed E-state index contributed by atoms with van der Waals surface area (Å²) in [6.07, 6.45) is 1.99. The van der Waals surface area contributed by atoms with Gasteiger partial charge in [0.15, 0.2) is 0 Å². The Morgan fingerprint density at radius 2 is 2.14 bits per heavy atom. The molecule has 0 saturated carbocycles. The SMILES string of the molecule is C=C[CH2][Ge]([CH3])([CH3])[Br]. The topological polar surface area (TPSA) is 0 Å². The van der Waals surface area contributed by atoms with Crippen LogP contribution in [0, 0.1) is 0 Å². The van der Waals surface area contributed by atoms with Crippen LogP contribution in [0.4, 0.5) is 0 Å². The first kappa shape index (κ1) is 7.76.